The normalized spacial score (nSPS) is 17.0. The van der Waals surface area contributed by atoms with Gasteiger partial charge < -0.3 is 5.73 Å². The van der Waals surface area contributed by atoms with Gasteiger partial charge in [0.05, 0.1) is 10.3 Å². The maximum atomic E-state index is 12.2. The molecule has 2 aromatic heterocycles. The number of nitrogens with one attached hydrogen (secondary N) is 2. The van der Waals surface area contributed by atoms with E-state index in [1.165, 1.54) is 0 Å². The molecule has 0 bridgehead atoms. The molecule has 7 heteroatoms. The van der Waals surface area contributed by atoms with Crippen LogP contribution in [0.5, 0.6) is 0 Å². The number of H-pyrrole nitrogens is 1. The van der Waals surface area contributed by atoms with Crippen molar-refractivity contribution in [1.82, 2.24) is 4.98 Å². The first-order chi connectivity index (χ1) is 10.6. The Labute approximate surface area is 129 Å². The van der Waals surface area contributed by atoms with Gasteiger partial charge in [-0.3, -0.25) is 4.79 Å². The van der Waals surface area contributed by atoms with E-state index < -0.39 is 0 Å². The van der Waals surface area contributed by atoms with Gasteiger partial charge in [-0.1, -0.05) is 12.1 Å². The average Bonchev–Trinajstić information content (AvgIpc) is 2.92. The zero-order valence-corrected chi connectivity index (χ0v) is 12.6. The van der Waals surface area contributed by atoms with Gasteiger partial charge in [0.15, 0.2) is 0 Å². The molecule has 6 nitrogen and oxygen atoms in total. The highest BCUT2D eigenvalue weighted by atomic mass is 32.1. The van der Waals surface area contributed by atoms with Crippen LogP contribution in [0.1, 0.15) is 16.6 Å². The molecule has 4 N–H and O–H groups in total. The molecule has 22 heavy (non-hydrogen) atoms. The van der Waals surface area contributed by atoms with Crippen LogP contribution in [0.4, 0.5) is 5.95 Å². The van der Waals surface area contributed by atoms with E-state index in [-0.39, 0.29) is 11.7 Å². The van der Waals surface area contributed by atoms with Gasteiger partial charge in [-0.25, -0.2) is 14.9 Å². The molecule has 0 radical (unpaired) electrons. The summed E-state index contributed by atoms with van der Waals surface area (Å²) < 4.78 is 1.98. The lowest BCUT2D eigenvalue weighted by Gasteiger charge is -2.21. The van der Waals surface area contributed by atoms with Crippen molar-refractivity contribution in [3.63, 3.8) is 0 Å². The maximum Gasteiger partial charge on any atom is 0.367 e. The van der Waals surface area contributed by atoms with Crippen LogP contribution in [0.3, 0.4) is 0 Å². The minimum Gasteiger partial charge on any atom is -0.357 e. The molecular weight excluding hydrogens is 298 g/mol. The number of fused-ring (bicyclic) bond motifs is 3. The molecule has 1 aliphatic rings. The predicted molar refractivity (Wildman–Crippen MR) is 87.2 cm³/mol. The number of aryl methyl sites for hydroxylation is 1. The van der Waals surface area contributed by atoms with Crippen LogP contribution in [-0.4, -0.2) is 10.9 Å². The van der Waals surface area contributed by atoms with Crippen molar-refractivity contribution >= 4 is 34.1 Å². The third-order valence-electron chi connectivity index (χ3n) is 3.77. The Bertz CT molecular complexity index is 971. The molecule has 1 unspecified atom stereocenters. The van der Waals surface area contributed by atoms with Crippen LogP contribution < -0.4 is 21.2 Å². The van der Waals surface area contributed by atoms with Gasteiger partial charge in [0.25, 0.3) is 5.96 Å². The number of rotatable bonds is 1. The topological polar surface area (TPSA) is 87.1 Å². The highest BCUT2D eigenvalue weighted by molar-refractivity contribution is 7.10. The number of benzene rings is 1. The molecule has 3 aromatic rings. The highest BCUT2D eigenvalue weighted by Gasteiger charge is 2.31. The van der Waals surface area contributed by atoms with Gasteiger partial charge in [-0.05, 0) is 36.1 Å². The number of aromatic nitrogens is 2. The summed E-state index contributed by atoms with van der Waals surface area (Å²) in [5.41, 5.74) is 7.73. The van der Waals surface area contributed by atoms with Crippen LogP contribution in [0.15, 0.2) is 45.5 Å². The van der Waals surface area contributed by atoms with E-state index in [2.05, 4.69) is 21.4 Å². The van der Waals surface area contributed by atoms with E-state index in [9.17, 15) is 4.79 Å². The fourth-order valence-corrected chi connectivity index (χ4v) is 3.70. The zero-order valence-electron chi connectivity index (χ0n) is 11.8. The Morgan fingerprint density at radius 2 is 2.14 bits per heavy atom. The lowest BCUT2D eigenvalue weighted by atomic mass is 10.2. The fourth-order valence-electron chi connectivity index (χ4n) is 2.74. The lowest BCUT2D eigenvalue weighted by molar-refractivity contribution is -0.676. The summed E-state index contributed by atoms with van der Waals surface area (Å²) in [5, 5.41) is 5.61. The van der Waals surface area contributed by atoms with Gasteiger partial charge >= 0.3 is 11.5 Å². The largest absolute Gasteiger partial charge is 0.367 e. The van der Waals surface area contributed by atoms with Gasteiger partial charge in [0, 0.05) is 0 Å². The molecule has 110 valence electrons. The van der Waals surface area contributed by atoms with Gasteiger partial charge in [0.1, 0.15) is 5.52 Å². The lowest BCUT2D eigenvalue weighted by Crippen LogP contribution is -2.51. The highest BCUT2D eigenvalue weighted by Crippen LogP contribution is 2.28. The number of anilines is 1. The van der Waals surface area contributed by atoms with Crippen LogP contribution in [0.2, 0.25) is 0 Å². The quantitative estimate of drug-likeness (QED) is 0.595. The van der Waals surface area contributed by atoms with Crippen molar-refractivity contribution in [2.45, 2.75) is 13.1 Å². The zero-order chi connectivity index (χ0) is 15.3. The first-order valence-corrected chi connectivity index (χ1v) is 7.74. The maximum absolute atomic E-state index is 12.2. The number of hydrogen-bond acceptors (Lipinski definition) is 5. The SMILES string of the molecule is Cc1ccsc1C1N=C(N)Nc2[nH]c(=O)c3ccccc3[n+]21. The van der Waals surface area contributed by atoms with Crippen molar-refractivity contribution in [1.29, 1.82) is 0 Å². The summed E-state index contributed by atoms with van der Waals surface area (Å²) in [6.07, 6.45) is -0.280. The second kappa shape index (κ2) is 4.67. The van der Waals surface area contributed by atoms with Crippen LogP contribution >= 0.6 is 11.3 Å². The van der Waals surface area contributed by atoms with E-state index >= 15 is 0 Å². The molecule has 3 heterocycles. The number of para-hydroxylation sites is 1. The van der Waals surface area contributed by atoms with Gasteiger partial charge in [0.2, 0.25) is 6.17 Å². The molecular formula is C15H14N5OS+. The number of aromatic amines is 1. The molecule has 1 aliphatic heterocycles. The molecule has 1 atom stereocenters. The predicted octanol–water partition coefficient (Wildman–Crippen LogP) is 1.47. The van der Waals surface area contributed by atoms with Crippen LogP contribution in [0.25, 0.3) is 10.9 Å². The minimum absolute atomic E-state index is 0.147. The van der Waals surface area contributed by atoms with Crippen molar-refractivity contribution in [3.8, 4) is 0 Å². The van der Waals surface area contributed by atoms with Gasteiger partial charge in [-0.2, -0.15) is 4.99 Å². The Hall–Kier alpha value is -2.67. The number of thiophene rings is 1. The number of aliphatic imine (C=N–C) groups is 1. The van der Waals surface area contributed by atoms with Crippen molar-refractivity contribution < 1.29 is 4.57 Å². The second-order valence-electron chi connectivity index (χ2n) is 5.17. The Morgan fingerprint density at radius 3 is 2.91 bits per heavy atom. The Balaban J connectivity index is 2.09. The molecule has 0 aliphatic carbocycles. The summed E-state index contributed by atoms with van der Waals surface area (Å²) in [6.45, 7) is 2.05. The molecule has 0 spiro atoms. The Kier molecular flexibility index (Phi) is 2.77. The third-order valence-corrected chi connectivity index (χ3v) is 4.83. The molecule has 1 aromatic carbocycles. The van der Waals surface area contributed by atoms with E-state index in [1.807, 2.05) is 41.1 Å². The first kappa shape index (κ1) is 13.0. The molecule has 0 amide bonds. The standard InChI is InChI=1S/C15H13N5OS/c1-8-6-7-22-11(8)12-17-14(16)19-15-18-13(21)9-4-2-3-5-10(9)20(12)15/h2-7,12H,1H3,(H3,16,17,18,19,21)/p+1. The summed E-state index contributed by atoms with van der Waals surface area (Å²) in [7, 11) is 0. The van der Waals surface area contributed by atoms with E-state index in [1.54, 1.807) is 11.3 Å². The van der Waals surface area contributed by atoms with Crippen molar-refractivity contribution in [3.05, 3.63) is 56.5 Å². The summed E-state index contributed by atoms with van der Waals surface area (Å²) in [4.78, 5) is 20.7. The van der Waals surface area contributed by atoms with Crippen molar-refractivity contribution in [2.75, 3.05) is 5.32 Å². The van der Waals surface area contributed by atoms with Crippen LogP contribution in [-0.2, 0) is 0 Å². The first-order valence-electron chi connectivity index (χ1n) is 6.86. The van der Waals surface area contributed by atoms with E-state index in [0.717, 1.165) is 16.0 Å². The van der Waals surface area contributed by atoms with E-state index in [4.69, 9.17) is 5.73 Å². The van der Waals surface area contributed by atoms with Gasteiger partial charge in [-0.15, -0.1) is 11.3 Å². The van der Waals surface area contributed by atoms with E-state index in [0.29, 0.717) is 17.3 Å². The molecule has 4 rings (SSSR count). The monoisotopic (exact) mass is 312 g/mol. The Morgan fingerprint density at radius 1 is 1.32 bits per heavy atom. The molecule has 0 saturated carbocycles. The van der Waals surface area contributed by atoms with Crippen molar-refractivity contribution in [2.24, 2.45) is 10.7 Å². The number of hydrogen-bond donors (Lipinski definition) is 3. The number of nitrogens with two attached hydrogens (primary N) is 1. The molecule has 0 saturated heterocycles. The molecule has 0 fully saturated rings. The number of guanidine groups is 1. The summed E-state index contributed by atoms with van der Waals surface area (Å²) in [5.74, 6) is 0.845. The number of nitrogens with zero attached hydrogens (tertiary/aromatic N) is 2. The van der Waals surface area contributed by atoms with Crippen LogP contribution in [0, 0.1) is 6.92 Å². The summed E-state index contributed by atoms with van der Waals surface area (Å²) >= 11 is 1.63. The third kappa shape index (κ3) is 1.82. The minimum atomic E-state index is -0.280. The second-order valence-corrected chi connectivity index (χ2v) is 6.12. The smallest absolute Gasteiger partial charge is 0.357 e. The summed E-state index contributed by atoms with van der Waals surface area (Å²) in [6, 6.07) is 9.55. The fraction of sp³-hybridized carbons (Fsp3) is 0.133. The average molecular weight is 312 g/mol.